The monoisotopic (exact) mass is 279 g/mol. The summed E-state index contributed by atoms with van der Waals surface area (Å²) in [6, 6.07) is 0. The normalized spacial score (nSPS) is 16.3. The Labute approximate surface area is 118 Å². The number of amides is 1. The molecule has 0 unspecified atom stereocenters. The molecular formula is C14H21N3O3. The van der Waals surface area contributed by atoms with Crippen LogP contribution in [0, 0.1) is 5.92 Å². The summed E-state index contributed by atoms with van der Waals surface area (Å²) in [6.07, 6.45) is 8.24. The standard InChI is InChI=1S/C14H21N3O3/c1-14(2,13(19)20)17-9-11(8-15-17)16-12(18)7-10-5-3-4-6-10/h8-10H,3-7H2,1-2H3,(H,16,18)(H,19,20). The molecular weight excluding hydrogens is 258 g/mol. The molecule has 0 aliphatic heterocycles. The van der Waals surface area contributed by atoms with Crippen molar-refractivity contribution in [1.82, 2.24) is 9.78 Å². The molecule has 0 atom stereocenters. The third kappa shape index (κ3) is 3.18. The van der Waals surface area contributed by atoms with Crippen LogP contribution < -0.4 is 5.32 Å². The van der Waals surface area contributed by atoms with E-state index in [4.69, 9.17) is 5.11 Å². The van der Waals surface area contributed by atoms with Crippen molar-refractivity contribution in [3.63, 3.8) is 0 Å². The van der Waals surface area contributed by atoms with Crippen LogP contribution in [-0.4, -0.2) is 26.8 Å². The first kappa shape index (κ1) is 14.6. The Morgan fingerprint density at radius 3 is 2.70 bits per heavy atom. The van der Waals surface area contributed by atoms with E-state index in [0.29, 0.717) is 18.0 Å². The van der Waals surface area contributed by atoms with Crippen molar-refractivity contribution >= 4 is 17.6 Å². The highest BCUT2D eigenvalue weighted by Gasteiger charge is 2.30. The molecule has 0 spiro atoms. The van der Waals surface area contributed by atoms with Crippen LogP contribution in [0.3, 0.4) is 0 Å². The summed E-state index contributed by atoms with van der Waals surface area (Å²) < 4.78 is 1.35. The topological polar surface area (TPSA) is 84.2 Å². The van der Waals surface area contributed by atoms with Crippen molar-refractivity contribution in [3.8, 4) is 0 Å². The zero-order valence-electron chi connectivity index (χ0n) is 11.9. The van der Waals surface area contributed by atoms with E-state index in [-0.39, 0.29) is 5.91 Å². The first-order valence-corrected chi connectivity index (χ1v) is 6.98. The van der Waals surface area contributed by atoms with Gasteiger partial charge in [0.2, 0.25) is 5.91 Å². The number of hydrogen-bond acceptors (Lipinski definition) is 3. The zero-order valence-corrected chi connectivity index (χ0v) is 11.9. The van der Waals surface area contributed by atoms with Gasteiger partial charge in [0.25, 0.3) is 0 Å². The van der Waals surface area contributed by atoms with Gasteiger partial charge in [0.05, 0.1) is 11.9 Å². The van der Waals surface area contributed by atoms with Gasteiger partial charge in [-0.05, 0) is 32.6 Å². The summed E-state index contributed by atoms with van der Waals surface area (Å²) in [4.78, 5) is 23.0. The second kappa shape index (κ2) is 5.64. The molecule has 1 aliphatic rings. The van der Waals surface area contributed by atoms with Gasteiger partial charge in [0.15, 0.2) is 5.54 Å². The maximum absolute atomic E-state index is 11.9. The number of anilines is 1. The van der Waals surface area contributed by atoms with Gasteiger partial charge in [-0.1, -0.05) is 12.8 Å². The van der Waals surface area contributed by atoms with Gasteiger partial charge >= 0.3 is 5.97 Å². The molecule has 1 heterocycles. The molecule has 0 aromatic carbocycles. The number of aromatic nitrogens is 2. The number of nitrogens with zero attached hydrogens (tertiary/aromatic N) is 2. The van der Waals surface area contributed by atoms with E-state index >= 15 is 0 Å². The summed E-state index contributed by atoms with van der Waals surface area (Å²) in [7, 11) is 0. The molecule has 1 amide bonds. The van der Waals surface area contributed by atoms with E-state index in [1.165, 1.54) is 23.7 Å². The Hall–Kier alpha value is -1.85. The third-order valence-electron chi connectivity index (χ3n) is 3.91. The fourth-order valence-corrected chi connectivity index (χ4v) is 2.48. The van der Waals surface area contributed by atoms with Gasteiger partial charge in [-0.15, -0.1) is 0 Å². The van der Waals surface area contributed by atoms with Gasteiger partial charge in [0, 0.05) is 12.6 Å². The second-order valence-corrected chi connectivity index (χ2v) is 5.94. The Morgan fingerprint density at radius 2 is 2.10 bits per heavy atom. The number of carboxylic acid groups (broad SMARTS) is 1. The average molecular weight is 279 g/mol. The van der Waals surface area contributed by atoms with Gasteiger partial charge < -0.3 is 10.4 Å². The Kier molecular flexibility index (Phi) is 4.11. The number of nitrogens with one attached hydrogen (secondary N) is 1. The molecule has 1 aliphatic carbocycles. The molecule has 2 N–H and O–H groups in total. The lowest BCUT2D eigenvalue weighted by Crippen LogP contribution is -2.35. The molecule has 1 aromatic rings. The fourth-order valence-electron chi connectivity index (χ4n) is 2.48. The van der Waals surface area contributed by atoms with Gasteiger partial charge in [-0.25, -0.2) is 4.79 Å². The highest BCUT2D eigenvalue weighted by Crippen LogP contribution is 2.27. The summed E-state index contributed by atoms with van der Waals surface area (Å²) in [5.74, 6) is -0.505. The molecule has 20 heavy (non-hydrogen) atoms. The molecule has 0 radical (unpaired) electrons. The predicted octanol–water partition coefficient (Wildman–Crippen LogP) is 2.22. The Morgan fingerprint density at radius 1 is 1.45 bits per heavy atom. The van der Waals surface area contributed by atoms with E-state index < -0.39 is 11.5 Å². The van der Waals surface area contributed by atoms with E-state index in [1.54, 1.807) is 20.0 Å². The van der Waals surface area contributed by atoms with E-state index in [2.05, 4.69) is 10.4 Å². The minimum Gasteiger partial charge on any atom is -0.479 e. The number of hydrogen-bond donors (Lipinski definition) is 2. The van der Waals surface area contributed by atoms with Crippen LogP contribution in [0.1, 0.15) is 46.0 Å². The quantitative estimate of drug-likeness (QED) is 0.865. The predicted molar refractivity (Wildman–Crippen MR) is 74.4 cm³/mol. The Bertz CT molecular complexity index is 502. The lowest BCUT2D eigenvalue weighted by atomic mass is 10.0. The molecule has 6 heteroatoms. The largest absolute Gasteiger partial charge is 0.479 e. The molecule has 1 saturated carbocycles. The molecule has 1 fully saturated rings. The number of carbonyl (C=O) groups is 2. The summed E-state index contributed by atoms with van der Waals surface area (Å²) in [5.41, 5.74) is -0.587. The maximum Gasteiger partial charge on any atom is 0.331 e. The molecule has 1 aromatic heterocycles. The van der Waals surface area contributed by atoms with Crippen LogP contribution in [0.2, 0.25) is 0 Å². The first-order chi connectivity index (χ1) is 9.39. The van der Waals surface area contributed by atoms with Crippen molar-refractivity contribution in [3.05, 3.63) is 12.4 Å². The van der Waals surface area contributed by atoms with Crippen LogP contribution >= 0.6 is 0 Å². The fraction of sp³-hybridized carbons (Fsp3) is 0.643. The first-order valence-electron chi connectivity index (χ1n) is 6.98. The van der Waals surface area contributed by atoms with Gasteiger partial charge in [-0.2, -0.15) is 5.10 Å². The summed E-state index contributed by atoms with van der Waals surface area (Å²) >= 11 is 0. The molecule has 2 rings (SSSR count). The van der Waals surface area contributed by atoms with Crippen molar-refractivity contribution < 1.29 is 14.7 Å². The van der Waals surface area contributed by atoms with Gasteiger partial charge in [-0.3, -0.25) is 9.48 Å². The van der Waals surface area contributed by atoms with Crippen molar-refractivity contribution in [2.75, 3.05) is 5.32 Å². The third-order valence-corrected chi connectivity index (χ3v) is 3.91. The average Bonchev–Trinajstić information content (AvgIpc) is 3.00. The summed E-state index contributed by atoms with van der Waals surface area (Å²) in [6.45, 7) is 3.12. The second-order valence-electron chi connectivity index (χ2n) is 5.94. The van der Waals surface area contributed by atoms with Crippen LogP contribution in [0.15, 0.2) is 12.4 Å². The number of aliphatic carboxylic acids is 1. The van der Waals surface area contributed by atoms with Crippen LogP contribution in [0.5, 0.6) is 0 Å². The minimum absolute atomic E-state index is 0.0235. The van der Waals surface area contributed by atoms with Crippen molar-refractivity contribution in [1.29, 1.82) is 0 Å². The van der Waals surface area contributed by atoms with E-state index in [1.807, 2.05) is 0 Å². The van der Waals surface area contributed by atoms with Crippen molar-refractivity contribution in [2.45, 2.75) is 51.5 Å². The molecule has 110 valence electrons. The minimum atomic E-state index is -1.13. The van der Waals surface area contributed by atoms with Crippen LogP contribution in [-0.2, 0) is 15.1 Å². The maximum atomic E-state index is 11.9. The highest BCUT2D eigenvalue weighted by atomic mass is 16.4. The van der Waals surface area contributed by atoms with Crippen LogP contribution in [0.4, 0.5) is 5.69 Å². The Balaban J connectivity index is 1.95. The number of carbonyl (C=O) groups excluding carboxylic acids is 1. The number of rotatable bonds is 5. The van der Waals surface area contributed by atoms with E-state index in [0.717, 1.165) is 12.8 Å². The van der Waals surface area contributed by atoms with Crippen molar-refractivity contribution in [2.24, 2.45) is 5.92 Å². The smallest absolute Gasteiger partial charge is 0.331 e. The van der Waals surface area contributed by atoms with Gasteiger partial charge in [0.1, 0.15) is 0 Å². The SMILES string of the molecule is CC(C)(C(=O)O)n1cc(NC(=O)CC2CCCC2)cn1. The zero-order chi connectivity index (χ0) is 14.8. The summed E-state index contributed by atoms with van der Waals surface area (Å²) in [5, 5.41) is 15.9. The van der Waals surface area contributed by atoms with E-state index in [9.17, 15) is 9.59 Å². The highest BCUT2D eigenvalue weighted by molar-refractivity contribution is 5.90. The number of carboxylic acids is 1. The van der Waals surface area contributed by atoms with Crippen LogP contribution in [0.25, 0.3) is 0 Å². The molecule has 0 saturated heterocycles. The molecule has 6 nitrogen and oxygen atoms in total. The lowest BCUT2D eigenvalue weighted by Gasteiger charge is -2.19. The lowest BCUT2D eigenvalue weighted by molar-refractivity contribution is -0.146. The molecule has 0 bridgehead atoms.